The number of nitrogens with one attached hydrogen (secondary N) is 2. The van der Waals surface area contributed by atoms with Crippen molar-refractivity contribution in [1.29, 1.82) is 0 Å². The fourth-order valence-electron chi connectivity index (χ4n) is 1.31. The summed E-state index contributed by atoms with van der Waals surface area (Å²) in [4.78, 5) is 16.8. The van der Waals surface area contributed by atoms with Gasteiger partial charge < -0.3 is 5.32 Å². The van der Waals surface area contributed by atoms with Crippen LogP contribution < -0.4 is 10.6 Å². The van der Waals surface area contributed by atoms with Gasteiger partial charge in [0, 0.05) is 7.05 Å². The molecule has 0 spiro atoms. The van der Waals surface area contributed by atoms with Gasteiger partial charge in [-0.25, -0.2) is 9.37 Å². The smallest absolute Gasteiger partial charge is 0.270 e. The lowest BCUT2D eigenvalue weighted by atomic mass is 10.2. The molecular weight excluding hydrogens is 241 g/mol. The van der Waals surface area contributed by atoms with Gasteiger partial charge >= 0.3 is 0 Å². The molecule has 0 bridgehead atoms. The molecule has 2 aromatic heterocycles. The molecule has 94 valence electrons. The number of tetrazole rings is 1. The SMILES string of the molecule is CNc1ncc(F)cc1C(=O)Nc1nnn(C)n1. The van der Waals surface area contributed by atoms with Crippen LogP contribution in [0.4, 0.5) is 16.2 Å². The average molecular weight is 251 g/mol. The van der Waals surface area contributed by atoms with Gasteiger partial charge in [-0.05, 0) is 11.3 Å². The Morgan fingerprint density at radius 3 is 2.89 bits per heavy atom. The van der Waals surface area contributed by atoms with Crippen LogP contribution in [0.3, 0.4) is 0 Å². The van der Waals surface area contributed by atoms with E-state index in [9.17, 15) is 9.18 Å². The minimum atomic E-state index is -0.605. The van der Waals surface area contributed by atoms with Crippen LogP contribution in [0.2, 0.25) is 0 Å². The summed E-state index contributed by atoms with van der Waals surface area (Å²) in [6, 6.07) is 1.07. The first-order valence-corrected chi connectivity index (χ1v) is 4.99. The number of aromatic nitrogens is 5. The fraction of sp³-hybridized carbons (Fsp3) is 0.222. The Balaban J connectivity index is 2.25. The van der Waals surface area contributed by atoms with Crippen LogP contribution in [0.1, 0.15) is 10.4 Å². The molecule has 2 rings (SSSR count). The lowest BCUT2D eigenvalue weighted by molar-refractivity contribution is 0.102. The summed E-state index contributed by atoms with van der Waals surface area (Å²) >= 11 is 0. The predicted molar refractivity (Wildman–Crippen MR) is 60.5 cm³/mol. The first kappa shape index (κ1) is 11.9. The highest BCUT2D eigenvalue weighted by Crippen LogP contribution is 2.14. The van der Waals surface area contributed by atoms with Crippen molar-refractivity contribution in [2.75, 3.05) is 17.7 Å². The van der Waals surface area contributed by atoms with Crippen molar-refractivity contribution in [2.24, 2.45) is 7.05 Å². The molecule has 0 fully saturated rings. The minimum Gasteiger partial charge on any atom is -0.372 e. The largest absolute Gasteiger partial charge is 0.372 e. The summed E-state index contributed by atoms with van der Waals surface area (Å²) in [6.07, 6.45) is 1.02. The number of aryl methyl sites for hydroxylation is 1. The normalized spacial score (nSPS) is 10.2. The first-order valence-electron chi connectivity index (χ1n) is 4.99. The number of pyridine rings is 1. The van der Waals surface area contributed by atoms with Crippen molar-refractivity contribution in [3.05, 3.63) is 23.6 Å². The topological polar surface area (TPSA) is 97.6 Å². The maximum absolute atomic E-state index is 13.1. The molecule has 0 radical (unpaired) electrons. The van der Waals surface area contributed by atoms with Crippen LogP contribution in [0.5, 0.6) is 0 Å². The van der Waals surface area contributed by atoms with E-state index >= 15 is 0 Å². The Bertz CT molecular complexity index is 582. The zero-order valence-electron chi connectivity index (χ0n) is 9.68. The molecule has 9 heteroatoms. The van der Waals surface area contributed by atoms with E-state index < -0.39 is 11.7 Å². The van der Waals surface area contributed by atoms with Gasteiger partial charge in [-0.1, -0.05) is 5.10 Å². The van der Waals surface area contributed by atoms with Crippen LogP contribution in [0, 0.1) is 5.82 Å². The number of amides is 1. The third kappa shape index (κ3) is 2.39. The molecule has 0 aliphatic rings. The Morgan fingerprint density at radius 2 is 2.28 bits per heavy atom. The highest BCUT2D eigenvalue weighted by molar-refractivity contribution is 6.06. The molecule has 2 N–H and O–H groups in total. The molecule has 0 atom stereocenters. The number of rotatable bonds is 3. The van der Waals surface area contributed by atoms with Crippen LogP contribution in [0.25, 0.3) is 0 Å². The number of nitrogens with zero attached hydrogens (tertiary/aromatic N) is 5. The van der Waals surface area contributed by atoms with E-state index in [-0.39, 0.29) is 17.3 Å². The molecular formula is C9H10FN7O. The maximum Gasteiger partial charge on any atom is 0.270 e. The quantitative estimate of drug-likeness (QED) is 0.799. The first-order chi connectivity index (χ1) is 8.60. The third-order valence-electron chi connectivity index (χ3n) is 2.07. The van der Waals surface area contributed by atoms with E-state index in [4.69, 9.17) is 0 Å². The second kappa shape index (κ2) is 4.73. The standard InChI is InChI=1S/C9H10FN7O/c1-11-7-6(3-5(10)4-12-7)8(18)13-9-14-16-17(2)15-9/h3-4H,1-2H3,(H,11,12)(H,13,15,18). The zero-order chi connectivity index (χ0) is 13.1. The Kier molecular flexibility index (Phi) is 3.13. The number of hydrogen-bond donors (Lipinski definition) is 2. The Hall–Kier alpha value is -2.58. The average Bonchev–Trinajstić information content (AvgIpc) is 2.74. The number of hydrogen-bond acceptors (Lipinski definition) is 6. The Labute approximate surface area is 101 Å². The van der Waals surface area contributed by atoms with Crippen LogP contribution in [0.15, 0.2) is 12.3 Å². The van der Waals surface area contributed by atoms with Gasteiger partial charge in [0.1, 0.15) is 11.6 Å². The van der Waals surface area contributed by atoms with Crippen molar-refractivity contribution in [1.82, 2.24) is 25.2 Å². The lowest BCUT2D eigenvalue weighted by Crippen LogP contribution is -2.16. The molecule has 1 amide bonds. The van der Waals surface area contributed by atoms with Gasteiger partial charge in [-0.3, -0.25) is 10.1 Å². The fourth-order valence-corrected chi connectivity index (χ4v) is 1.31. The molecule has 2 heterocycles. The number of carbonyl (C=O) groups excluding carboxylic acids is 1. The van der Waals surface area contributed by atoms with Gasteiger partial charge in [0.25, 0.3) is 11.9 Å². The monoisotopic (exact) mass is 251 g/mol. The Morgan fingerprint density at radius 1 is 1.50 bits per heavy atom. The maximum atomic E-state index is 13.1. The summed E-state index contributed by atoms with van der Waals surface area (Å²) in [7, 11) is 3.14. The van der Waals surface area contributed by atoms with E-state index in [0.717, 1.165) is 12.3 Å². The van der Waals surface area contributed by atoms with Crippen LogP contribution in [-0.4, -0.2) is 38.1 Å². The molecule has 0 saturated carbocycles. The third-order valence-corrected chi connectivity index (χ3v) is 2.07. The summed E-state index contributed by atoms with van der Waals surface area (Å²) in [5.41, 5.74) is 0.0601. The minimum absolute atomic E-state index is 0.0359. The number of anilines is 2. The van der Waals surface area contributed by atoms with E-state index in [2.05, 4.69) is 31.0 Å². The van der Waals surface area contributed by atoms with Gasteiger partial charge in [0.05, 0.1) is 18.8 Å². The van der Waals surface area contributed by atoms with Crippen molar-refractivity contribution < 1.29 is 9.18 Å². The van der Waals surface area contributed by atoms with E-state index in [1.165, 1.54) is 4.80 Å². The molecule has 0 unspecified atom stereocenters. The van der Waals surface area contributed by atoms with Crippen LogP contribution in [-0.2, 0) is 7.05 Å². The van der Waals surface area contributed by atoms with E-state index in [0.29, 0.717) is 0 Å². The molecule has 0 saturated heterocycles. The number of halogens is 1. The van der Waals surface area contributed by atoms with Gasteiger partial charge in [0.2, 0.25) is 0 Å². The van der Waals surface area contributed by atoms with Gasteiger partial charge in [-0.15, -0.1) is 5.10 Å². The second-order valence-electron chi connectivity index (χ2n) is 3.36. The van der Waals surface area contributed by atoms with Crippen LogP contribution >= 0.6 is 0 Å². The van der Waals surface area contributed by atoms with E-state index in [1.807, 2.05) is 0 Å². The van der Waals surface area contributed by atoms with Gasteiger partial charge in [-0.2, -0.15) is 4.80 Å². The highest BCUT2D eigenvalue weighted by atomic mass is 19.1. The van der Waals surface area contributed by atoms with Crippen molar-refractivity contribution in [3.63, 3.8) is 0 Å². The molecule has 0 aromatic carbocycles. The lowest BCUT2D eigenvalue weighted by Gasteiger charge is -2.06. The highest BCUT2D eigenvalue weighted by Gasteiger charge is 2.15. The van der Waals surface area contributed by atoms with Gasteiger partial charge in [0.15, 0.2) is 0 Å². The molecule has 18 heavy (non-hydrogen) atoms. The molecule has 2 aromatic rings. The number of carbonyl (C=O) groups is 1. The summed E-state index contributed by atoms with van der Waals surface area (Å²) < 4.78 is 13.1. The van der Waals surface area contributed by atoms with E-state index in [1.54, 1.807) is 14.1 Å². The predicted octanol–water partition coefficient (Wildman–Crippen LogP) is 0.0382. The van der Waals surface area contributed by atoms with Crippen molar-refractivity contribution in [3.8, 4) is 0 Å². The van der Waals surface area contributed by atoms with Crippen molar-refractivity contribution >= 4 is 17.7 Å². The second-order valence-corrected chi connectivity index (χ2v) is 3.36. The van der Waals surface area contributed by atoms with Crippen molar-refractivity contribution in [2.45, 2.75) is 0 Å². The molecule has 8 nitrogen and oxygen atoms in total. The zero-order valence-corrected chi connectivity index (χ0v) is 9.68. The summed E-state index contributed by atoms with van der Waals surface area (Å²) in [6.45, 7) is 0. The molecule has 0 aliphatic carbocycles. The summed E-state index contributed by atoms with van der Waals surface area (Å²) in [5.74, 6) is -0.878. The molecule has 0 aliphatic heterocycles. The summed E-state index contributed by atoms with van der Waals surface area (Å²) in [5, 5.41) is 16.0.